The summed E-state index contributed by atoms with van der Waals surface area (Å²) in [4.78, 5) is 23.3. The molecule has 0 saturated carbocycles. The minimum atomic E-state index is -4.32. The van der Waals surface area contributed by atoms with Crippen LogP contribution in [0.15, 0.2) is 24.3 Å². The van der Waals surface area contributed by atoms with Gasteiger partial charge >= 0.3 is 7.82 Å². The quantitative estimate of drug-likeness (QED) is 0.0243. The van der Waals surface area contributed by atoms with E-state index in [2.05, 4.69) is 43.5 Å². The molecule has 61 heavy (non-hydrogen) atoms. The SMILES string of the molecule is CCCCC/C=C\C/C=C\CCCCCCCCCCCC(=O)NC(COP(=O)(O)OCC[N+](C)(C)C)C(O)CCCCCCCCCCCCCCCCCCCCCC. The summed E-state index contributed by atoms with van der Waals surface area (Å²) in [6, 6.07) is -0.761. The van der Waals surface area contributed by atoms with Gasteiger partial charge in [-0.1, -0.05) is 224 Å². The summed E-state index contributed by atoms with van der Waals surface area (Å²) in [6.45, 7) is 4.89. The van der Waals surface area contributed by atoms with E-state index in [1.807, 2.05) is 21.1 Å². The number of phosphoric acid groups is 1. The molecule has 9 heteroatoms. The standard InChI is InChI=1S/C52H103N2O6P/c1-6-8-10-12-14-16-18-20-22-24-26-28-29-31-33-35-37-39-41-43-45-51(55)50(49-60-61(57,58)59-48-47-54(3,4)5)53-52(56)46-44-42-40-38-36-34-32-30-27-25-23-21-19-17-15-13-11-9-7-2/h15,17,21,23,50-51,55H,6-14,16,18-20,22,24-49H2,1-5H3,(H-,53,56,57,58)/p+1/b17-15-,23-21-. The molecule has 3 N–H and O–H groups in total. The van der Waals surface area contributed by atoms with Crippen LogP contribution in [0.3, 0.4) is 0 Å². The molecule has 0 aliphatic heterocycles. The smallest absolute Gasteiger partial charge is 0.391 e. The van der Waals surface area contributed by atoms with Gasteiger partial charge in [0.15, 0.2) is 0 Å². The van der Waals surface area contributed by atoms with Crippen molar-refractivity contribution in [3.8, 4) is 0 Å². The van der Waals surface area contributed by atoms with Gasteiger partial charge < -0.3 is 19.8 Å². The lowest BCUT2D eigenvalue weighted by atomic mass is 10.0. The van der Waals surface area contributed by atoms with E-state index in [4.69, 9.17) is 9.05 Å². The summed E-state index contributed by atoms with van der Waals surface area (Å²) in [6.07, 6.45) is 53.5. The summed E-state index contributed by atoms with van der Waals surface area (Å²) in [7, 11) is 1.62. The third-order valence-electron chi connectivity index (χ3n) is 12.0. The summed E-state index contributed by atoms with van der Waals surface area (Å²) in [5.74, 6) is -0.146. The topological polar surface area (TPSA) is 105 Å². The Balaban J connectivity index is 4.24. The minimum Gasteiger partial charge on any atom is -0.391 e. The minimum absolute atomic E-state index is 0.0748. The van der Waals surface area contributed by atoms with Gasteiger partial charge in [0.25, 0.3) is 0 Å². The highest BCUT2D eigenvalue weighted by Crippen LogP contribution is 2.43. The number of amides is 1. The van der Waals surface area contributed by atoms with Gasteiger partial charge in [0.05, 0.1) is 39.9 Å². The van der Waals surface area contributed by atoms with Crippen molar-refractivity contribution in [2.45, 2.75) is 264 Å². The number of carbonyl (C=O) groups excluding carboxylic acids is 1. The van der Waals surface area contributed by atoms with E-state index in [0.717, 1.165) is 44.9 Å². The maximum Gasteiger partial charge on any atom is 0.472 e. The van der Waals surface area contributed by atoms with Crippen molar-refractivity contribution in [3.63, 3.8) is 0 Å². The van der Waals surface area contributed by atoms with E-state index in [1.54, 1.807) is 0 Å². The number of unbranched alkanes of at least 4 members (excludes halogenated alkanes) is 31. The van der Waals surface area contributed by atoms with Crippen LogP contribution in [0.1, 0.15) is 251 Å². The largest absolute Gasteiger partial charge is 0.472 e. The lowest BCUT2D eigenvalue weighted by Crippen LogP contribution is -2.46. The van der Waals surface area contributed by atoms with Gasteiger partial charge in [0, 0.05) is 6.42 Å². The zero-order valence-electron chi connectivity index (χ0n) is 41.2. The Morgan fingerprint density at radius 2 is 0.934 bits per heavy atom. The van der Waals surface area contributed by atoms with Crippen LogP contribution in [0, 0.1) is 0 Å². The predicted molar refractivity (Wildman–Crippen MR) is 263 cm³/mol. The first-order valence-corrected chi connectivity index (χ1v) is 27.7. The van der Waals surface area contributed by atoms with Gasteiger partial charge in [-0.05, 0) is 44.9 Å². The number of allylic oxidation sites excluding steroid dienone is 4. The summed E-state index contributed by atoms with van der Waals surface area (Å²) in [5.41, 5.74) is 0. The molecule has 362 valence electrons. The van der Waals surface area contributed by atoms with E-state index in [9.17, 15) is 19.4 Å². The summed E-state index contributed by atoms with van der Waals surface area (Å²) in [5, 5.41) is 14.0. The number of nitrogens with one attached hydrogen (secondary N) is 1. The number of hydrogen-bond donors (Lipinski definition) is 3. The van der Waals surface area contributed by atoms with Crippen LogP contribution in [-0.2, 0) is 18.4 Å². The number of hydrogen-bond acceptors (Lipinski definition) is 5. The van der Waals surface area contributed by atoms with Gasteiger partial charge in [0.2, 0.25) is 5.91 Å². The van der Waals surface area contributed by atoms with Gasteiger partial charge in [-0.3, -0.25) is 13.8 Å². The van der Waals surface area contributed by atoms with Crippen molar-refractivity contribution in [3.05, 3.63) is 24.3 Å². The van der Waals surface area contributed by atoms with Crippen LogP contribution in [-0.4, -0.2) is 73.4 Å². The van der Waals surface area contributed by atoms with Crippen LogP contribution in [0.25, 0.3) is 0 Å². The number of quaternary nitrogens is 1. The van der Waals surface area contributed by atoms with Crippen LogP contribution in [0.5, 0.6) is 0 Å². The average molecular weight is 884 g/mol. The molecule has 1 amide bonds. The molecule has 0 aromatic carbocycles. The Bertz CT molecular complexity index is 1050. The molecule has 3 unspecified atom stereocenters. The number of carbonyl (C=O) groups is 1. The van der Waals surface area contributed by atoms with Gasteiger partial charge in [-0.2, -0.15) is 0 Å². The first kappa shape index (κ1) is 60.0. The second-order valence-electron chi connectivity index (χ2n) is 19.3. The molecule has 0 heterocycles. The molecule has 0 spiro atoms. The Hall–Kier alpha value is -1.02. The summed E-state index contributed by atoms with van der Waals surface area (Å²) >= 11 is 0. The number of phosphoric ester groups is 1. The Morgan fingerprint density at radius 1 is 0.557 bits per heavy atom. The molecule has 0 bridgehead atoms. The molecule has 0 aromatic heterocycles. The highest BCUT2D eigenvalue weighted by molar-refractivity contribution is 7.47. The van der Waals surface area contributed by atoms with Crippen LogP contribution in [0.4, 0.5) is 0 Å². The predicted octanol–water partition coefficient (Wildman–Crippen LogP) is 15.3. The maximum atomic E-state index is 13.0. The zero-order chi connectivity index (χ0) is 45.0. The highest BCUT2D eigenvalue weighted by Gasteiger charge is 2.28. The van der Waals surface area contributed by atoms with E-state index in [-0.39, 0.29) is 19.1 Å². The maximum absolute atomic E-state index is 13.0. The molecule has 3 atom stereocenters. The second kappa shape index (κ2) is 44.2. The first-order valence-electron chi connectivity index (χ1n) is 26.2. The fraction of sp³-hybridized carbons (Fsp3) is 0.904. The van der Waals surface area contributed by atoms with Gasteiger partial charge in [-0.15, -0.1) is 0 Å². The molecule has 0 saturated heterocycles. The van der Waals surface area contributed by atoms with E-state index in [0.29, 0.717) is 23.9 Å². The van der Waals surface area contributed by atoms with E-state index < -0.39 is 20.0 Å². The number of nitrogens with zero attached hydrogens (tertiary/aromatic N) is 1. The highest BCUT2D eigenvalue weighted by atomic mass is 31.2. The fourth-order valence-electron chi connectivity index (χ4n) is 7.78. The zero-order valence-corrected chi connectivity index (χ0v) is 42.1. The molecule has 0 aromatic rings. The molecule has 0 radical (unpaired) electrons. The second-order valence-corrected chi connectivity index (χ2v) is 20.7. The Morgan fingerprint density at radius 3 is 1.38 bits per heavy atom. The fourth-order valence-corrected chi connectivity index (χ4v) is 8.52. The normalized spacial score (nSPS) is 14.3. The number of rotatable bonds is 48. The summed E-state index contributed by atoms with van der Waals surface area (Å²) < 4.78 is 23.7. The number of aliphatic hydroxyl groups excluding tert-OH is 1. The molecule has 8 nitrogen and oxygen atoms in total. The lowest BCUT2D eigenvalue weighted by molar-refractivity contribution is -0.870. The van der Waals surface area contributed by atoms with Crippen LogP contribution >= 0.6 is 7.82 Å². The molecule has 0 aliphatic rings. The van der Waals surface area contributed by atoms with Crippen molar-refractivity contribution in [1.29, 1.82) is 0 Å². The van der Waals surface area contributed by atoms with E-state index in [1.165, 1.54) is 180 Å². The number of likely N-dealkylation sites (N-methyl/N-ethyl adjacent to an activating group) is 1. The van der Waals surface area contributed by atoms with E-state index >= 15 is 0 Å². The van der Waals surface area contributed by atoms with Gasteiger partial charge in [0.1, 0.15) is 13.2 Å². The molecule has 0 aliphatic carbocycles. The van der Waals surface area contributed by atoms with Crippen molar-refractivity contribution < 1.29 is 32.9 Å². The Labute approximate surface area is 379 Å². The molecular weight excluding hydrogens is 780 g/mol. The first-order chi connectivity index (χ1) is 29.5. The van der Waals surface area contributed by atoms with Crippen molar-refractivity contribution in [2.75, 3.05) is 40.9 Å². The Kier molecular flexibility index (Phi) is 43.5. The van der Waals surface area contributed by atoms with Crippen molar-refractivity contribution >= 4 is 13.7 Å². The molecular formula is C52H104N2O6P+. The third kappa shape index (κ3) is 46.8. The van der Waals surface area contributed by atoms with Crippen LogP contribution < -0.4 is 5.32 Å². The molecule has 0 rings (SSSR count). The van der Waals surface area contributed by atoms with Gasteiger partial charge in [-0.25, -0.2) is 4.57 Å². The number of aliphatic hydroxyl groups is 1. The van der Waals surface area contributed by atoms with Crippen molar-refractivity contribution in [1.82, 2.24) is 5.32 Å². The molecule has 0 fully saturated rings. The monoisotopic (exact) mass is 884 g/mol. The van der Waals surface area contributed by atoms with Crippen molar-refractivity contribution in [2.24, 2.45) is 0 Å². The lowest BCUT2D eigenvalue weighted by Gasteiger charge is -2.26. The third-order valence-corrected chi connectivity index (χ3v) is 12.9. The van der Waals surface area contributed by atoms with Crippen LogP contribution in [0.2, 0.25) is 0 Å². The average Bonchev–Trinajstić information content (AvgIpc) is 3.21.